The highest BCUT2D eigenvalue weighted by atomic mass is 16.4. The number of aliphatic carboxylic acids is 1. The Labute approximate surface area is 159 Å². The molecule has 0 bridgehead atoms. The molecule has 2 amide bonds. The van der Waals surface area contributed by atoms with Gasteiger partial charge in [0.15, 0.2) is 5.78 Å². The summed E-state index contributed by atoms with van der Waals surface area (Å²) in [7, 11) is 0. The van der Waals surface area contributed by atoms with Gasteiger partial charge in [-0.05, 0) is 38.2 Å². The number of rotatable bonds is 10. The number of Topliss-reactive ketones (excluding diaryl/α,β-unsaturated/α-hetero) is 1. The van der Waals surface area contributed by atoms with Gasteiger partial charge in [0.05, 0.1) is 6.54 Å². The number of carboxylic acid groups (broad SMARTS) is 1. The summed E-state index contributed by atoms with van der Waals surface area (Å²) in [5.74, 6) is -2.21. The van der Waals surface area contributed by atoms with Crippen LogP contribution in [0.25, 0.3) is 0 Å². The molecule has 8 nitrogen and oxygen atoms in total. The van der Waals surface area contributed by atoms with E-state index in [4.69, 9.17) is 5.11 Å². The number of carbonyl (C=O) groups excluding carboxylic acids is 3. The summed E-state index contributed by atoms with van der Waals surface area (Å²) in [6, 6.07) is -0.998. The first kappa shape index (κ1) is 22.4. The van der Waals surface area contributed by atoms with E-state index in [2.05, 4.69) is 15.6 Å². The molecule has 4 N–H and O–H groups in total. The van der Waals surface area contributed by atoms with Crippen molar-refractivity contribution in [3.05, 3.63) is 22.5 Å². The lowest BCUT2D eigenvalue weighted by Crippen LogP contribution is -2.46. The number of amides is 2. The van der Waals surface area contributed by atoms with Crippen LogP contribution in [0, 0.1) is 12.8 Å². The van der Waals surface area contributed by atoms with Crippen LogP contribution in [0.3, 0.4) is 0 Å². The molecular weight excluding hydrogens is 350 g/mol. The van der Waals surface area contributed by atoms with Gasteiger partial charge in [0.2, 0.25) is 5.91 Å². The van der Waals surface area contributed by atoms with Gasteiger partial charge in [0, 0.05) is 11.3 Å². The number of aromatic amines is 1. The van der Waals surface area contributed by atoms with Gasteiger partial charge in [-0.25, -0.2) is 4.79 Å². The van der Waals surface area contributed by atoms with Crippen molar-refractivity contribution in [1.29, 1.82) is 0 Å². The van der Waals surface area contributed by atoms with Crippen molar-refractivity contribution in [2.75, 3.05) is 6.54 Å². The van der Waals surface area contributed by atoms with Gasteiger partial charge in [-0.1, -0.05) is 27.2 Å². The van der Waals surface area contributed by atoms with Crippen LogP contribution in [0.15, 0.2) is 0 Å². The molecule has 0 radical (unpaired) electrons. The van der Waals surface area contributed by atoms with Gasteiger partial charge < -0.3 is 20.7 Å². The molecule has 1 atom stereocenters. The van der Waals surface area contributed by atoms with Crippen molar-refractivity contribution in [2.45, 2.75) is 59.9 Å². The Morgan fingerprint density at radius 1 is 1.19 bits per heavy atom. The number of carbonyl (C=O) groups is 4. The average molecular weight is 379 g/mol. The summed E-state index contributed by atoms with van der Waals surface area (Å²) in [5, 5.41) is 14.1. The molecule has 150 valence electrons. The normalized spacial score (nSPS) is 11.9. The smallest absolute Gasteiger partial charge is 0.326 e. The maximum absolute atomic E-state index is 12.5. The Balaban J connectivity index is 2.82. The zero-order chi connectivity index (χ0) is 20.7. The molecule has 1 heterocycles. The highest BCUT2D eigenvalue weighted by Gasteiger charge is 2.24. The lowest BCUT2D eigenvalue weighted by molar-refractivity contribution is -0.142. The molecule has 1 rings (SSSR count). The van der Waals surface area contributed by atoms with Gasteiger partial charge in [-0.2, -0.15) is 0 Å². The average Bonchev–Trinajstić information content (AvgIpc) is 2.88. The number of ketones is 1. The maximum Gasteiger partial charge on any atom is 0.326 e. The first-order valence-corrected chi connectivity index (χ1v) is 9.11. The zero-order valence-corrected chi connectivity index (χ0v) is 16.6. The van der Waals surface area contributed by atoms with Crippen LogP contribution >= 0.6 is 0 Å². The highest BCUT2D eigenvalue weighted by Crippen LogP contribution is 2.21. The third kappa shape index (κ3) is 6.23. The fourth-order valence-corrected chi connectivity index (χ4v) is 3.03. The first-order chi connectivity index (χ1) is 12.6. The maximum atomic E-state index is 12.5. The third-order valence-electron chi connectivity index (χ3n) is 4.12. The largest absolute Gasteiger partial charge is 0.480 e. The molecule has 0 aliphatic rings. The molecule has 1 aromatic heterocycles. The minimum absolute atomic E-state index is 0.101. The molecule has 1 aromatic rings. The number of carboxylic acids is 1. The molecular formula is C19H29N3O5. The van der Waals surface area contributed by atoms with Crippen molar-refractivity contribution in [1.82, 2.24) is 15.6 Å². The number of aromatic nitrogens is 1. The predicted octanol–water partition coefficient (Wildman–Crippen LogP) is 1.82. The number of nitrogens with one attached hydrogen (secondary N) is 3. The second-order valence-corrected chi connectivity index (χ2v) is 7.06. The summed E-state index contributed by atoms with van der Waals surface area (Å²) >= 11 is 0. The molecule has 0 aromatic carbocycles. The Bertz CT molecular complexity index is 721. The first-order valence-electron chi connectivity index (χ1n) is 9.11. The molecule has 27 heavy (non-hydrogen) atoms. The second kappa shape index (κ2) is 9.89. The third-order valence-corrected chi connectivity index (χ3v) is 4.12. The van der Waals surface area contributed by atoms with E-state index in [-0.39, 0.29) is 23.9 Å². The second-order valence-electron chi connectivity index (χ2n) is 7.06. The van der Waals surface area contributed by atoms with E-state index in [9.17, 15) is 19.2 Å². The summed E-state index contributed by atoms with van der Waals surface area (Å²) in [6.07, 6.45) is 1.62. The van der Waals surface area contributed by atoms with E-state index < -0.39 is 23.8 Å². The van der Waals surface area contributed by atoms with Crippen molar-refractivity contribution in [3.63, 3.8) is 0 Å². The SMILES string of the molecule is CCCc1c(C(=O)NCC(=O)N[C@@H](CC(C)C)C(=O)O)[nH]c(C)c1C(C)=O. The summed E-state index contributed by atoms with van der Waals surface area (Å²) in [4.78, 5) is 50.5. The van der Waals surface area contributed by atoms with Gasteiger partial charge in [-0.15, -0.1) is 0 Å². The zero-order valence-electron chi connectivity index (χ0n) is 16.6. The lowest BCUT2D eigenvalue weighted by atomic mass is 10.0. The van der Waals surface area contributed by atoms with E-state index in [0.717, 1.165) is 6.42 Å². The van der Waals surface area contributed by atoms with E-state index in [1.807, 2.05) is 20.8 Å². The Kier molecular flexibility index (Phi) is 8.21. The van der Waals surface area contributed by atoms with Crippen LogP contribution in [0.2, 0.25) is 0 Å². The van der Waals surface area contributed by atoms with Crippen molar-refractivity contribution in [3.8, 4) is 0 Å². The van der Waals surface area contributed by atoms with Crippen LogP contribution in [-0.2, 0) is 16.0 Å². The number of hydrogen-bond donors (Lipinski definition) is 4. The number of aryl methyl sites for hydroxylation is 1. The van der Waals surface area contributed by atoms with E-state index in [1.165, 1.54) is 6.92 Å². The molecule has 0 aliphatic carbocycles. The van der Waals surface area contributed by atoms with Gasteiger partial charge in [0.25, 0.3) is 5.91 Å². The number of H-pyrrole nitrogens is 1. The van der Waals surface area contributed by atoms with Gasteiger partial charge in [-0.3, -0.25) is 14.4 Å². The van der Waals surface area contributed by atoms with E-state index in [0.29, 0.717) is 29.7 Å². The summed E-state index contributed by atoms with van der Waals surface area (Å²) in [6.45, 7) is 8.49. The Morgan fingerprint density at radius 3 is 2.30 bits per heavy atom. The summed E-state index contributed by atoms with van der Waals surface area (Å²) in [5.41, 5.74) is 2.03. The van der Waals surface area contributed by atoms with Crippen molar-refractivity contribution in [2.24, 2.45) is 5.92 Å². The number of hydrogen-bond acceptors (Lipinski definition) is 4. The minimum atomic E-state index is -1.11. The van der Waals surface area contributed by atoms with Gasteiger partial charge in [0.1, 0.15) is 11.7 Å². The molecule has 0 saturated carbocycles. The van der Waals surface area contributed by atoms with Crippen LogP contribution in [0.5, 0.6) is 0 Å². The molecule has 0 saturated heterocycles. The highest BCUT2D eigenvalue weighted by molar-refractivity contribution is 6.03. The van der Waals surface area contributed by atoms with Gasteiger partial charge >= 0.3 is 5.97 Å². The molecule has 0 fully saturated rings. The predicted molar refractivity (Wildman–Crippen MR) is 101 cm³/mol. The molecule has 0 aliphatic heterocycles. The minimum Gasteiger partial charge on any atom is -0.480 e. The molecule has 0 spiro atoms. The van der Waals surface area contributed by atoms with Crippen molar-refractivity contribution >= 4 is 23.6 Å². The fraction of sp³-hybridized carbons (Fsp3) is 0.579. The molecule has 8 heteroatoms. The molecule has 0 unspecified atom stereocenters. The Hall–Kier alpha value is -2.64. The monoisotopic (exact) mass is 379 g/mol. The lowest BCUT2D eigenvalue weighted by Gasteiger charge is -2.16. The van der Waals surface area contributed by atoms with E-state index >= 15 is 0 Å². The standard InChI is InChI=1S/C19H29N3O5/c1-6-7-13-16(12(5)23)11(4)21-17(13)18(25)20-9-15(24)22-14(19(26)27)8-10(2)3/h10,14,21H,6-9H2,1-5H3,(H,20,25)(H,22,24)(H,26,27)/t14-/m0/s1. The Morgan fingerprint density at radius 2 is 1.81 bits per heavy atom. The van der Waals surface area contributed by atoms with E-state index in [1.54, 1.807) is 6.92 Å². The fourth-order valence-electron chi connectivity index (χ4n) is 3.03. The van der Waals surface area contributed by atoms with Crippen LogP contribution in [0.1, 0.15) is 72.6 Å². The van der Waals surface area contributed by atoms with Crippen LogP contribution in [0.4, 0.5) is 0 Å². The van der Waals surface area contributed by atoms with Crippen LogP contribution in [-0.4, -0.2) is 46.2 Å². The topological polar surface area (TPSA) is 128 Å². The van der Waals surface area contributed by atoms with Crippen molar-refractivity contribution < 1.29 is 24.3 Å². The quantitative estimate of drug-likeness (QED) is 0.461. The summed E-state index contributed by atoms with van der Waals surface area (Å²) < 4.78 is 0. The van der Waals surface area contributed by atoms with Crippen LogP contribution < -0.4 is 10.6 Å².